The number of imidazole rings is 1. The minimum atomic E-state index is 0.353. The van der Waals surface area contributed by atoms with E-state index in [2.05, 4.69) is 21.0 Å². The first-order valence-electron chi connectivity index (χ1n) is 5.61. The molecule has 19 heavy (non-hydrogen) atoms. The van der Waals surface area contributed by atoms with E-state index in [1.165, 1.54) is 6.33 Å². The summed E-state index contributed by atoms with van der Waals surface area (Å²) in [5, 5.41) is 9.23. The van der Waals surface area contributed by atoms with E-state index in [4.69, 9.17) is 4.74 Å². The maximum Gasteiger partial charge on any atom is 0.165 e. The molecule has 7 nitrogen and oxygen atoms in total. The molecule has 0 saturated heterocycles. The van der Waals surface area contributed by atoms with Gasteiger partial charge in [-0.05, 0) is 0 Å². The van der Waals surface area contributed by atoms with Crippen LogP contribution in [0.15, 0.2) is 18.9 Å². The zero-order chi connectivity index (χ0) is 13.8. The van der Waals surface area contributed by atoms with E-state index in [1.54, 1.807) is 29.1 Å². The molecule has 0 radical (unpaired) electrons. The molecule has 0 aromatic carbocycles. The zero-order valence-corrected chi connectivity index (χ0v) is 11.0. The molecule has 0 atom stereocenters. The lowest BCUT2D eigenvalue weighted by Crippen LogP contribution is -2.04. The fourth-order valence-electron chi connectivity index (χ4n) is 1.71. The molecular weight excluding hydrogens is 244 g/mol. The lowest BCUT2D eigenvalue weighted by atomic mass is 10.2. The fraction of sp³-hybridized carbons (Fsp3) is 0.333. The van der Waals surface area contributed by atoms with Gasteiger partial charge in [0.15, 0.2) is 5.65 Å². The van der Waals surface area contributed by atoms with E-state index in [-0.39, 0.29) is 0 Å². The fourth-order valence-corrected chi connectivity index (χ4v) is 1.71. The number of nitrogens with zero attached hydrogens (tertiary/aromatic N) is 6. The molecule has 2 rings (SSSR count). The first kappa shape index (κ1) is 13.0. The summed E-state index contributed by atoms with van der Waals surface area (Å²) < 4.78 is 6.82. The van der Waals surface area contributed by atoms with Gasteiger partial charge in [-0.15, -0.1) is 0 Å². The molecule has 0 fully saturated rings. The van der Waals surface area contributed by atoms with Gasteiger partial charge in [0.2, 0.25) is 0 Å². The Morgan fingerprint density at radius 2 is 2.26 bits per heavy atom. The van der Waals surface area contributed by atoms with E-state index < -0.39 is 0 Å². The zero-order valence-electron chi connectivity index (χ0n) is 11.0. The summed E-state index contributed by atoms with van der Waals surface area (Å²) in [6.07, 6.45) is 4.75. The van der Waals surface area contributed by atoms with Crippen LogP contribution in [0.4, 0.5) is 0 Å². The normalized spacial score (nSPS) is 11.6. The SMILES string of the molecule is COCn1cnc2c(/C(C#N)=C/N(C)C)ncnc21. The molecule has 0 N–H and O–H groups in total. The Hall–Kier alpha value is -2.46. The third-order valence-electron chi connectivity index (χ3n) is 2.43. The summed E-state index contributed by atoms with van der Waals surface area (Å²) in [6, 6.07) is 2.13. The molecule has 0 spiro atoms. The highest BCUT2D eigenvalue weighted by atomic mass is 16.5. The number of ether oxygens (including phenoxy) is 1. The van der Waals surface area contributed by atoms with Crippen LogP contribution in [0.3, 0.4) is 0 Å². The van der Waals surface area contributed by atoms with E-state index in [0.29, 0.717) is 29.2 Å². The summed E-state index contributed by atoms with van der Waals surface area (Å²) >= 11 is 0. The topological polar surface area (TPSA) is 79.9 Å². The predicted octanol–water partition coefficient (Wildman–Crippen LogP) is 0.856. The predicted molar refractivity (Wildman–Crippen MR) is 69.6 cm³/mol. The number of hydrogen-bond acceptors (Lipinski definition) is 6. The van der Waals surface area contributed by atoms with Crippen LogP contribution in [0.1, 0.15) is 5.69 Å². The maximum absolute atomic E-state index is 9.23. The van der Waals surface area contributed by atoms with Crippen molar-refractivity contribution in [1.29, 1.82) is 5.26 Å². The monoisotopic (exact) mass is 258 g/mol. The van der Waals surface area contributed by atoms with Gasteiger partial charge in [-0.2, -0.15) is 5.26 Å². The summed E-state index contributed by atoms with van der Waals surface area (Å²) in [5.41, 5.74) is 2.21. The second-order valence-electron chi connectivity index (χ2n) is 4.14. The minimum Gasteiger partial charge on any atom is -0.382 e. The molecule has 0 amide bonds. The Balaban J connectivity index is 2.59. The Labute approximate surface area is 110 Å². The first-order valence-corrected chi connectivity index (χ1v) is 5.61. The highest BCUT2D eigenvalue weighted by Crippen LogP contribution is 2.20. The average Bonchev–Trinajstić information content (AvgIpc) is 2.80. The number of rotatable bonds is 4. The van der Waals surface area contributed by atoms with Crippen molar-refractivity contribution in [2.45, 2.75) is 6.73 Å². The van der Waals surface area contributed by atoms with Gasteiger partial charge in [0.05, 0.1) is 11.9 Å². The van der Waals surface area contributed by atoms with Gasteiger partial charge < -0.3 is 9.64 Å². The van der Waals surface area contributed by atoms with Crippen molar-refractivity contribution in [3.05, 3.63) is 24.5 Å². The number of hydrogen-bond donors (Lipinski definition) is 0. The maximum atomic E-state index is 9.23. The average molecular weight is 258 g/mol. The van der Waals surface area contributed by atoms with Crippen LogP contribution < -0.4 is 0 Å². The van der Waals surface area contributed by atoms with Crippen LogP contribution in [0.2, 0.25) is 0 Å². The number of allylic oxidation sites excluding steroid dienone is 1. The smallest absolute Gasteiger partial charge is 0.165 e. The van der Waals surface area contributed by atoms with Crippen LogP contribution >= 0.6 is 0 Å². The quantitative estimate of drug-likeness (QED) is 0.756. The number of methoxy groups -OCH3 is 1. The molecule has 0 unspecified atom stereocenters. The van der Waals surface area contributed by atoms with Crippen LogP contribution in [0.25, 0.3) is 16.7 Å². The van der Waals surface area contributed by atoms with E-state index in [1.807, 2.05) is 14.1 Å². The summed E-state index contributed by atoms with van der Waals surface area (Å²) in [5.74, 6) is 0. The molecule has 0 bridgehead atoms. The van der Waals surface area contributed by atoms with Crippen molar-refractivity contribution in [1.82, 2.24) is 24.4 Å². The number of nitriles is 1. The molecule has 0 aliphatic rings. The first-order chi connectivity index (χ1) is 9.17. The van der Waals surface area contributed by atoms with Crippen molar-refractivity contribution in [3.63, 3.8) is 0 Å². The Bertz CT molecular complexity index is 652. The Morgan fingerprint density at radius 1 is 1.47 bits per heavy atom. The number of fused-ring (bicyclic) bond motifs is 1. The van der Waals surface area contributed by atoms with Crippen LogP contribution in [-0.2, 0) is 11.5 Å². The minimum absolute atomic E-state index is 0.353. The van der Waals surface area contributed by atoms with Crippen molar-refractivity contribution in [3.8, 4) is 6.07 Å². The molecule has 0 aliphatic heterocycles. The van der Waals surface area contributed by atoms with E-state index in [0.717, 1.165) is 0 Å². The molecule has 2 aromatic rings. The van der Waals surface area contributed by atoms with E-state index >= 15 is 0 Å². The van der Waals surface area contributed by atoms with Crippen LogP contribution in [0, 0.1) is 11.3 Å². The van der Waals surface area contributed by atoms with Gasteiger partial charge in [0, 0.05) is 27.4 Å². The van der Waals surface area contributed by atoms with Crippen LogP contribution in [0.5, 0.6) is 0 Å². The van der Waals surface area contributed by atoms with Crippen molar-refractivity contribution in [2.75, 3.05) is 21.2 Å². The molecule has 2 heterocycles. The van der Waals surface area contributed by atoms with Crippen molar-refractivity contribution >= 4 is 16.7 Å². The molecule has 0 saturated carbocycles. The third-order valence-corrected chi connectivity index (χ3v) is 2.43. The van der Waals surface area contributed by atoms with Crippen LogP contribution in [-0.4, -0.2) is 45.6 Å². The van der Waals surface area contributed by atoms with E-state index in [9.17, 15) is 5.26 Å². The second kappa shape index (κ2) is 5.46. The standard InChI is InChI=1S/C12H14N6O/c1-17(2)5-9(4-13)10-11-12(15-6-14-10)18(7-16-11)8-19-3/h5-7H,8H2,1-3H3/b9-5+. The van der Waals surface area contributed by atoms with Gasteiger partial charge in [-0.25, -0.2) is 15.0 Å². The number of aromatic nitrogens is 4. The molecular formula is C12H14N6O. The van der Waals surface area contributed by atoms with Crippen molar-refractivity contribution in [2.24, 2.45) is 0 Å². The summed E-state index contributed by atoms with van der Waals surface area (Å²) in [4.78, 5) is 14.4. The van der Waals surface area contributed by atoms with Gasteiger partial charge in [-0.3, -0.25) is 4.57 Å². The third kappa shape index (κ3) is 2.53. The summed E-state index contributed by atoms with van der Waals surface area (Å²) in [7, 11) is 5.29. The largest absolute Gasteiger partial charge is 0.382 e. The molecule has 7 heteroatoms. The van der Waals surface area contributed by atoms with Crippen molar-refractivity contribution < 1.29 is 4.74 Å². The molecule has 0 aliphatic carbocycles. The Morgan fingerprint density at radius 3 is 2.89 bits per heavy atom. The second-order valence-corrected chi connectivity index (χ2v) is 4.14. The highest BCUT2D eigenvalue weighted by molar-refractivity contribution is 5.89. The van der Waals surface area contributed by atoms with Gasteiger partial charge >= 0.3 is 0 Å². The Kier molecular flexibility index (Phi) is 3.73. The summed E-state index contributed by atoms with van der Waals surface area (Å²) in [6.45, 7) is 0.353. The highest BCUT2D eigenvalue weighted by Gasteiger charge is 2.13. The van der Waals surface area contributed by atoms with Gasteiger partial charge in [-0.1, -0.05) is 0 Å². The lowest BCUT2D eigenvalue weighted by Gasteiger charge is -2.06. The molecule has 98 valence electrons. The lowest BCUT2D eigenvalue weighted by molar-refractivity contribution is 0.134. The van der Waals surface area contributed by atoms with Gasteiger partial charge in [0.1, 0.15) is 30.3 Å². The molecule has 2 aromatic heterocycles. The van der Waals surface area contributed by atoms with Gasteiger partial charge in [0.25, 0.3) is 0 Å².